The average molecular weight is 377 g/mol. The van der Waals surface area contributed by atoms with Gasteiger partial charge in [0.05, 0.1) is 0 Å². The van der Waals surface area contributed by atoms with Crippen molar-refractivity contribution in [2.45, 2.75) is 25.7 Å². The summed E-state index contributed by atoms with van der Waals surface area (Å²) in [5, 5.41) is 0.995. The number of nitrogens with zero attached hydrogens (tertiary/aromatic N) is 5. The molecule has 3 aromatic rings. The van der Waals surface area contributed by atoms with Gasteiger partial charge in [-0.25, -0.2) is 19.9 Å². The number of aromatic nitrogens is 4. The van der Waals surface area contributed by atoms with Crippen LogP contribution in [0.1, 0.15) is 31.4 Å². The van der Waals surface area contributed by atoms with E-state index in [1.54, 1.807) is 12.4 Å². The van der Waals surface area contributed by atoms with Gasteiger partial charge in [-0.15, -0.1) is 0 Å². The van der Waals surface area contributed by atoms with Crippen LogP contribution < -0.4 is 0 Å². The molecule has 0 saturated carbocycles. The molecule has 1 aliphatic heterocycles. The van der Waals surface area contributed by atoms with Crippen molar-refractivity contribution in [2.75, 3.05) is 26.3 Å². The maximum absolute atomic E-state index is 12.1. The molecule has 28 heavy (non-hydrogen) atoms. The zero-order valence-corrected chi connectivity index (χ0v) is 15.9. The number of ether oxygens (including phenoxy) is 1. The summed E-state index contributed by atoms with van der Waals surface area (Å²) in [6.07, 6.45) is 8.70. The molecule has 0 radical (unpaired) electrons. The van der Waals surface area contributed by atoms with E-state index in [0.29, 0.717) is 12.5 Å². The molecule has 1 fully saturated rings. The number of hydrogen-bond acceptors (Lipinski definition) is 6. The molecule has 0 bridgehead atoms. The van der Waals surface area contributed by atoms with Crippen molar-refractivity contribution in [2.24, 2.45) is 0 Å². The van der Waals surface area contributed by atoms with Crippen molar-refractivity contribution in [3.8, 4) is 11.1 Å². The minimum Gasteiger partial charge on any atom is -0.372 e. The van der Waals surface area contributed by atoms with Crippen LogP contribution in [0.25, 0.3) is 22.2 Å². The summed E-state index contributed by atoms with van der Waals surface area (Å²) in [5.74, 6) is 0.426. The van der Waals surface area contributed by atoms with Crippen molar-refractivity contribution >= 4 is 16.9 Å². The molecule has 4 heterocycles. The molecule has 0 spiro atoms. The SMILES string of the molecule is CCOCC(=O)N1CCC(c2ccc3cc(-c4cncnc4)cnc3n2)CC1. The molecule has 3 aromatic heterocycles. The second-order valence-electron chi connectivity index (χ2n) is 6.93. The smallest absolute Gasteiger partial charge is 0.248 e. The molecule has 4 rings (SSSR count). The third kappa shape index (κ3) is 3.99. The van der Waals surface area contributed by atoms with E-state index >= 15 is 0 Å². The van der Waals surface area contributed by atoms with E-state index in [4.69, 9.17) is 9.72 Å². The lowest BCUT2D eigenvalue weighted by Gasteiger charge is -2.31. The summed E-state index contributed by atoms with van der Waals surface area (Å²) in [5.41, 5.74) is 3.70. The number of fused-ring (bicyclic) bond motifs is 1. The highest BCUT2D eigenvalue weighted by Crippen LogP contribution is 2.28. The van der Waals surface area contributed by atoms with Crippen LogP contribution in [0.4, 0.5) is 0 Å². The Balaban J connectivity index is 1.46. The predicted octanol–water partition coefficient (Wildman–Crippen LogP) is 2.83. The van der Waals surface area contributed by atoms with Gasteiger partial charge in [0.2, 0.25) is 5.91 Å². The van der Waals surface area contributed by atoms with Crippen molar-refractivity contribution < 1.29 is 9.53 Å². The summed E-state index contributed by atoms with van der Waals surface area (Å²) in [4.78, 5) is 31.4. The standard InChI is InChI=1S/C21H23N5O2/c1-2-28-13-20(27)26-7-5-15(6-8-26)19-4-3-16-9-17(12-24-21(16)25-19)18-10-22-14-23-11-18/h3-4,9-12,14-15H,2,5-8,13H2,1H3. The third-order valence-corrected chi connectivity index (χ3v) is 5.15. The number of piperidine rings is 1. The van der Waals surface area contributed by atoms with Crippen LogP contribution in [-0.4, -0.2) is 57.0 Å². The average Bonchev–Trinajstić information content (AvgIpc) is 2.77. The lowest BCUT2D eigenvalue weighted by atomic mass is 9.92. The van der Waals surface area contributed by atoms with E-state index in [9.17, 15) is 4.79 Å². The van der Waals surface area contributed by atoms with Crippen LogP contribution in [0.3, 0.4) is 0 Å². The van der Waals surface area contributed by atoms with E-state index in [0.717, 1.165) is 53.8 Å². The van der Waals surface area contributed by atoms with E-state index in [1.807, 2.05) is 18.0 Å². The first-order chi connectivity index (χ1) is 13.7. The minimum atomic E-state index is 0.0749. The van der Waals surface area contributed by atoms with Gasteiger partial charge in [0.1, 0.15) is 12.9 Å². The van der Waals surface area contributed by atoms with Crippen LogP contribution in [0.5, 0.6) is 0 Å². The summed E-state index contributed by atoms with van der Waals surface area (Å²) in [6.45, 7) is 4.13. The first kappa shape index (κ1) is 18.4. The van der Waals surface area contributed by atoms with Crippen LogP contribution in [0, 0.1) is 0 Å². The second-order valence-corrected chi connectivity index (χ2v) is 6.93. The summed E-state index contributed by atoms with van der Waals surface area (Å²) in [7, 11) is 0. The molecule has 0 unspecified atom stereocenters. The Labute approximate surface area is 163 Å². The van der Waals surface area contributed by atoms with Gasteiger partial charge in [0.25, 0.3) is 0 Å². The molecular formula is C21H23N5O2. The minimum absolute atomic E-state index is 0.0749. The predicted molar refractivity (Wildman–Crippen MR) is 106 cm³/mol. The maximum atomic E-state index is 12.1. The quantitative estimate of drug-likeness (QED) is 0.680. The van der Waals surface area contributed by atoms with Crippen molar-refractivity contribution in [1.82, 2.24) is 24.8 Å². The van der Waals surface area contributed by atoms with Crippen LogP contribution in [0.2, 0.25) is 0 Å². The van der Waals surface area contributed by atoms with Crippen LogP contribution in [0.15, 0.2) is 43.1 Å². The lowest BCUT2D eigenvalue weighted by molar-refractivity contribution is -0.137. The molecule has 1 saturated heterocycles. The molecule has 0 N–H and O–H groups in total. The Morgan fingerprint density at radius 3 is 2.68 bits per heavy atom. The van der Waals surface area contributed by atoms with Gasteiger partial charge in [-0.2, -0.15) is 0 Å². The fourth-order valence-electron chi connectivity index (χ4n) is 3.56. The first-order valence-electron chi connectivity index (χ1n) is 9.62. The van der Waals surface area contributed by atoms with Gasteiger partial charge in [-0.1, -0.05) is 0 Å². The van der Waals surface area contributed by atoms with Crippen LogP contribution in [-0.2, 0) is 9.53 Å². The lowest BCUT2D eigenvalue weighted by Crippen LogP contribution is -2.40. The van der Waals surface area contributed by atoms with E-state index in [2.05, 4.69) is 33.2 Å². The Hall–Kier alpha value is -2.93. The Morgan fingerprint density at radius 2 is 1.93 bits per heavy atom. The monoisotopic (exact) mass is 377 g/mol. The van der Waals surface area contributed by atoms with Gasteiger partial charge < -0.3 is 9.64 Å². The number of pyridine rings is 2. The van der Waals surface area contributed by atoms with Gasteiger partial charge >= 0.3 is 0 Å². The van der Waals surface area contributed by atoms with Crippen molar-refractivity contribution in [1.29, 1.82) is 0 Å². The molecule has 1 amide bonds. The normalized spacial score (nSPS) is 15.1. The highest BCUT2D eigenvalue weighted by Gasteiger charge is 2.24. The highest BCUT2D eigenvalue weighted by atomic mass is 16.5. The number of carbonyl (C=O) groups is 1. The Morgan fingerprint density at radius 1 is 1.14 bits per heavy atom. The number of likely N-dealkylation sites (tertiary alicyclic amines) is 1. The van der Waals surface area contributed by atoms with Gasteiger partial charge in [0, 0.05) is 66.4 Å². The summed E-state index contributed by atoms with van der Waals surface area (Å²) < 4.78 is 5.23. The Bertz CT molecular complexity index is 955. The summed E-state index contributed by atoms with van der Waals surface area (Å²) >= 11 is 0. The maximum Gasteiger partial charge on any atom is 0.248 e. The largest absolute Gasteiger partial charge is 0.372 e. The highest BCUT2D eigenvalue weighted by molar-refractivity contribution is 5.80. The second kappa shape index (κ2) is 8.39. The fraction of sp³-hybridized carbons (Fsp3) is 0.381. The molecular weight excluding hydrogens is 354 g/mol. The first-order valence-corrected chi connectivity index (χ1v) is 9.62. The number of amides is 1. The van der Waals surface area contributed by atoms with Crippen molar-refractivity contribution in [3.63, 3.8) is 0 Å². The van der Waals surface area contributed by atoms with E-state index in [-0.39, 0.29) is 12.5 Å². The van der Waals surface area contributed by atoms with Gasteiger partial charge in [0.15, 0.2) is 5.65 Å². The van der Waals surface area contributed by atoms with E-state index < -0.39 is 0 Å². The van der Waals surface area contributed by atoms with E-state index in [1.165, 1.54) is 6.33 Å². The molecule has 1 aliphatic rings. The molecule has 7 heteroatoms. The number of carbonyl (C=O) groups excluding carboxylic acids is 1. The topological polar surface area (TPSA) is 81.1 Å². The Kier molecular flexibility index (Phi) is 5.53. The summed E-state index contributed by atoms with van der Waals surface area (Å²) in [6, 6.07) is 6.22. The number of rotatable bonds is 5. The van der Waals surface area contributed by atoms with Crippen LogP contribution >= 0.6 is 0 Å². The third-order valence-electron chi connectivity index (χ3n) is 5.15. The van der Waals surface area contributed by atoms with Crippen molar-refractivity contribution in [3.05, 3.63) is 48.8 Å². The zero-order valence-electron chi connectivity index (χ0n) is 15.9. The number of hydrogen-bond donors (Lipinski definition) is 0. The molecule has 144 valence electrons. The van der Waals surface area contributed by atoms with Gasteiger partial charge in [-0.3, -0.25) is 4.79 Å². The molecule has 0 aromatic carbocycles. The van der Waals surface area contributed by atoms with Gasteiger partial charge in [-0.05, 0) is 38.0 Å². The molecule has 0 aliphatic carbocycles. The fourth-order valence-corrected chi connectivity index (χ4v) is 3.56. The molecule has 0 atom stereocenters. The molecule has 7 nitrogen and oxygen atoms in total. The zero-order chi connectivity index (χ0) is 19.3.